The molecule has 9 heteroatoms. The Morgan fingerprint density at radius 2 is 1.93 bits per heavy atom. The van der Waals surface area contributed by atoms with Gasteiger partial charge in [-0.15, -0.1) is 0 Å². The molecule has 1 aromatic carbocycles. The second-order valence-corrected chi connectivity index (χ2v) is 7.75. The van der Waals surface area contributed by atoms with Crippen LogP contribution >= 0.6 is 15.9 Å². The molecule has 2 saturated heterocycles. The van der Waals surface area contributed by atoms with Gasteiger partial charge in [0.25, 0.3) is 5.91 Å². The molecule has 0 radical (unpaired) electrons. The van der Waals surface area contributed by atoms with E-state index in [1.807, 2.05) is 19.9 Å². The predicted octanol–water partition coefficient (Wildman–Crippen LogP) is 2.31. The lowest BCUT2D eigenvalue weighted by atomic mass is 10.1. The molecule has 4 rings (SSSR count). The molecule has 8 nitrogen and oxygen atoms in total. The summed E-state index contributed by atoms with van der Waals surface area (Å²) in [6, 6.07) is 10.3. The molecule has 28 heavy (non-hydrogen) atoms. The first-order chi connectivity index (χ1) is 13.4. The molecule has 0 saturated carbocycles. The van der Waals surface area contributed by atoms with E-state index in [1.165, 1.54) is 4.57 Å². The van der Waals surface area contributed by atoms with E-state index in [0.29, 0.717) is 10.9 Å². The minimum Gasteiger partial charge on any atom is -0.348 e. The zero-order valence-electron chi connectivity index (χ0n) is 15.4. The number of halogens is 1. The lowest BCUT2D eigenvalue weighted by Crippen LogP contribution is -2.35. The summed E-state index contributed by atoms with van der Waals surface area (Å²) < 4.78 is 19.2. The normalized spacial score (nSPS) is 28.1. The first-order valence-electron chi connectivity index (χ1n) is 8.90. The highest BCUT2D eigenvalue weighted by Gasteiger charge is 2.55. The van der Waals surface area contributed by atoms with Gasteiger partial charge in [-0.25, -0.2) is 4.79 Å². The van der Waals surface area contributed by atoms with Crippen LogP contribution in [0.2, 0.25) is 0 Å². The highest BCUT2D eigenvalue weighted by atomic mass is 79.9. The van der Waals surface area contributed by atoms with Crippen LogP contribution in [0.15, 0.2) is 47.4 Å². The van der Waals surface area contributed by atoms with Crippen molar-refractivity contribution in [3.63, 3.8) is 0 Å². The number of ether oxygens (including phenoxy) is 3. The Morgan fingerprint density at radius 1 is 1.21 bits per heavy atom. The minimum atomic E-state index is -0.752. The zero-order valence-corrected chi connectivity index (χ0v) is 17.0. The molecule has 2 aromatic rings. The number of nitrogens with zero attached hydrogens (tertiary/aromatic N) is 2. The lowest BCUT2D eigenvalue weighted by Gasteiger charge is -2.24. The molecule has 2 aliphatic heterocycles. The molecule has 2 aliphatic rings. The predicted molar refractivity (Wildman–Crippen MR) is 104 cm³/mol. The summed E-state index contributed by atoms with van der Waals surface area (Å²) in [5.41, 5.74) is -0.0625. The summed E-state index contributed by atoms with van der Waals surface area (Å²) in [7, 11) is 0. The van der Waals surface area contributed by atoms with Crippen molar-refractivity contribution in [3.05, 3.63) is 58.6 Å². The molecule has 1 amide bonds. The second kappa shape index (κ2) is 7.40. The second-order valence-electron chi connectivity index (χ2n) is 7.11. The van der Waals surface area contributed by atoms with Crippen LogP contribution in [0.25, 0.3) is 0 Å². The van der Waals surface area contributed by atoms with Gasteiger partial charge in [0.05, 0.1) is 6.10 Å². The van der Waals surface area contributed by atoms with Gasteiger partial charge in [0.2, 0.25) is 0 Å². The van der Waals surface area contributed by atoms with Gasteiger partial charge in [-0.3, -0.25) is 9.36 Å². The Bertz CT molecular complexity index is 933. The molecule has 1 N–H and O–H groups in total. The number of rotatable bonds is 4. The number of carbonyl (C=O) groups is 1. The highest BCUT2D eigenvalue weighted by molar-refractivity contribution is 9.09. The molecular weight excluding hydrogens is 430 g/mol. The largest absolute Gasteiger partial charge is 0.351 e. The summed E-state index contributed by atoms with van der Waals surface area (Å²) in [5.74, 6) is -0.917. The Balaban J connectivity index is 1.55. The van der Waals surface area contributed by atoms with Gasteiger partial charge in [-0.2, -0.15) is 4.98 Å². The summed E-state index contributed by atoms with van der Waals surface area (Å²) >= 11 is 3.42. The first kappa shape index (κ1) is 19.3. The molecule has 148 valence electrons. The van der Waals surface area contributed by atoms with E-state index in [0.717, 1.165) is 0 Å². The van der Waals surface area contributed by atoms with Crippen molar-refractivity contribution < 1.29 is 19.0 Å². The number of carbonyl (C=O) groups excluding carboxylic acids is 1. The molecule has 0 aliphatic carbocycles. The van der Waals surface area contributed by atoms with Crippen LogP contribution in [0.4, 0.5) is 5.82 Å². The Morgan fingerprint density at radius 3 is 2.61 bits per heavy atom. The van der Waals surface area contributed by atoms with Crippen LogP contribution in [0.5, 0.6) is 0 Å². The number of hydrogen-bond donors (Lipinski definition) is 1. The maximum absolute atomic E-state index is 12.6. The van der Waals surface area contributed by atoms with Crippen LogP contribution in [-0.2, 0) is 14.2 Å². The van der Waals surface area contributed by atoms with Gasteiger partial charge in [-0.05, 0) is 32.0 Å². The number of hydrogen-bond acceptors (Lipinski definition) is 6. The van der Waals surface area contributed by atoms with E-state index in [1.54, 1.807) is 36.5 Å². The Kier molecular flexibility index (Phi) is 5.09. The van der Waals surface area contributed by atoms with Crippen molar-refractivity contribution in [2.24, 2.45) is 0 Å². The molecule has 0 spiro atoms. The molecule has 1 aromatic heterocycles. The minimum absolute atomic E-state index is 0.172. The molecule has 4 atom stereocenters. The Hall–Kier alpha value is -2.07. The third-order valence-corrected chi connectivity index (χ3v) is 5.30. The van der Waals surface area contributed by atoms with Crippen molar-refractivity contribution in [1.29, 1.82) is 0 Å². The number of benzene rings is 1. The van der Waals surface area contributed by atoms with Crippen molar-refractivity contribution in [2.75, 3.05) is 10.6 Å². The molecule has 0 bridgehead atoms. The number of fused-ring (bicyclic) bond motifs is 1. The fraction of sp³-hybridized carbons (Fsp3) is 0.421. The van der Waals surface area contributed by atoms with Gasteiger partial charge in [0, 0.05) is 17.1 Å². The number of anilines is 1. The average Bonchev–Trinajstić information content (AvgIpc) is 3.15. The van der Waals surface area contributed by atoms with Crippen molar-refractivity contribution in [1.82, 2.24) is 9.55 Å². The number of amides is 1. The molecule has 0 unspecified atom stereocenters. The van der Waals surface area contributed by atoms with Crippen LogP contribution in [0.1, 0.15) is 30.4 Å². The monoisotopic (exact) mass is 449 g/mol. The van der Waals surface area contributed by atoms with E-state index in [2.05, 4.69) is 26.2 Å². The van der Waals surface area contributed by atoms with Crippen LogP contribution in [0.3, 0.4) is 0 Å². The first-order valence-corrected chi connectivity index (χ1v) is 10.0. The fourth-order valence-electron chi connectivity index (χ4n) is 3.46. The number of aromatic nitrogens is 2. The van der Waals surface area contributed by atoms with Gasteiger partial charge in [0.1, 0.15) is 18.0 Å². The highest BCUT2D eigenvalue weighted by Crippen LogP contribution is 2.42. The average molecular weight is 450 g/mol. The van der Waals surface area contributed by atoms with E-state index in [4.69, 9.17) is 14.2 Å². The fourth-order valence-corrected chi connectivity index (χ4v) is 3.98. The quantitative estimate of drug-likeness (QED) is 0.719. The summed E-state index contributed by atoms with van der Waals surface area (Å²) in [4.78, 5) is 28.8. The molecule has 3 heterocycles. The molecule has 2 fully saturated rings. The van der Waals surface area contributed by atoms with Crippen LogP contribution in [-0.4, -0.2) is 44.9 Å². The standard InChI is InChI=1S/C19H20BrN3O5/c1-19(2)27-14-12(10-20)26-17(15(14)28-19)23-9-8-13(22-18(23)25)21-16(24)11-6-4-3-5-7-11/h3-9,12,14-15,17H,10H2,1-2H3,(H,21,22,24,25)/t12-,14-,15-,17-/m1/s1. The summed E-state index contributed by atoms with van der Waals surface area (Å²) in [6.07, 6.45) is -0.0805. The topological polar surface area (TPSA) is 91.7 Å². The number of nitrogens with one attached hydrogen (secondary N) is 1. The van der Waals surface area contributed by atoms with Gasteiger partial charge in [0.15, 0.2) is 12.0 Å². The maximum atomic E-state index is 12.6. The van der Waals surface area contributed by atoms with E-state index >= 15 is 0 Å². The Labute approximate surface area is 169 Å². The number of alkyl halides is 1. The van der Waals surface area contributed by atoms with E-state index < -0.39 is 23.8 Å². The van der Waals surface area contributed by atoms with Crippen LogP contribution < -0.4 is 11.0 Å². The third-order valence-electron chi connectivity index (χ3n) is 4.66. The zero-order chi connectivity index (χ0) is 19.9. The van der Waals surface area contributed by atoms with Crippen molar-refractivity contribution >= 4 is 27.7 Å². The van der Waals surface area contributed by atoms with E-state index in [9.17, 15) is 9.59 Å². The van der Waals surface area contributed by atoms with Gasteiger partial charge >= 0.3 is 5.69 Å². The molecular formula is C19H20BrN3O5. The van der Waals surface area contributed by atoms with Crippen molar-refractivity contribution in [2.45, 2.75) is 44.2 Å². The third kappa shape index (κ3) is 3.62. The van der Waals surface area contributed by atoms with Gasteiger partial charge in [-0.1, -0.05) is 34.1 Å². The lowest BCUT2D eigenvalue weighted by molar-refractivity contribution is -0.194. The summed E-state index contributed by atoms with van der Waals surface area (Å²) in [6.45, 7) is 3.66. The summed E-state index contributed by atoms with van der Waals surface area (Å²) in [5, 5.41) is 3.18. The van der Waals surface area contributed by atoms with E-state index in [-0.39, 0.29) is 23.9 Å². The van der Waals surface area contributed by atoms with Gasteiger partial charge < -0.3 is 19.5 Å². The maximum Gasteiger partial charge on any atom is 0.351 e. The smallest absolute Gasteiger partial charge is 0.348 e. The van der Waals surface area contributed by atoms with Crippen molar-refractivity contribution in [3.8, 4) is 0 Å². The van der Waals surface area contributed by atoms with Crippen LogP contribution in [0, 0.1) is 0 Å². The SMILES string of the molecule is CC1(C)O[C@@H]2[C@H](O1)[C@@H](CBr)O[C@H]2n1ccc(NC(=O)c2ccccc2)nc1=O.